The Kier molecular flexibility index (Phi) is 7.45. The number of piperidine rings is 1. The van der Waals surface area contributed by atoms with Crippen molar-refractivity contribution in [3.05, 3.63) is 78.5 Å². The number of hydrogen-bond donors (Lipinski definition) is 1. The number of aromatic nitrogens is 3. The molecule has 4 aromatic rings. The Labute approximate surface area is 239 Å². The van der Waals surface area contributed by atoms with Crippen LogP contribution in [0.2, 0.25) is 0 Å². The molecular formula is C32H35FN6O2. The highest BCUT2D eigenvalue weighted by Crippen LogP contribution is 2.40. The molecule has 2 aromatic heterocycles. The van der Waals surface area contributed by atoms with Gasteiger partial charge in [-0.1, -0.05) is 24.3 Å². The number of carbonyl (C=O) groups excluding carboxylic acids is 1. The number of halogens is 1. The average molecular weight is 555 g/mol. The van der Waals surface area contributed by atoms with Gasteiger partial charge in [0.15, 0.2) is 0 Å². The lowest BCUT2D eigenvalue weighted by Gasteiger charge is -2.34. The standard InChI is InChI=1S/C32H35FN6O2/c1-21-29(22-10-14-26(15-11-22)41-27-8-3-6-23(33)18-27)30-31(34)35-20-36-32(30)39(21)25-7-4-17-38(19-25)28(40)9-5-16-37(2)24-12-13-24/h3,5-6,8-11,14-15,18,20,24-25H,4,7,12-13,16-17,19H2,1-2H3,(H2,34,35,36)/b9-5+/t25-/m1/s1. The fourth-order valence-corrected chi connectivity index (χ4v) is 5.88. The van der Waals surface area contributed by atoms with Gasteiger partial charge in [0.1, 0.15) is 35.1 Å². The van der Waals surface area contributed by atoms with Crippen LogP contribution in [0, 0.1) is 12.7 Å². The SMILES string of the molecule is Cc1c(-c2ccc(Oc3cccc(F)c3)cc2)c2c(N)ncnc2n1[C@@H]1CCCN(C(=O)/C=C/CN(C)C2CC2)C1. The van der Waals surface area contributed by atoms with Crippen LogP contribution in [0.3, 0.4) is 0 Å². The molecule has 1 aliphatic carbocycles. The molecule has 0 radical (unpaired) electrons. The van der Waals surface area contributed by atoms with E-state index < -0.39 is 0 Å². The Morgan fingerprint density at radius 3 is 2.71 bits per heavy atom. The van der Waals surface area contributed by atoms with Crippen molar-refractivity contribution in [1.82, 2.24) is 24.3 Å². The third-order valence-corrected chi connectivity index (χ3v) is 8.13. The normalized spacial score (nSPS) is 17.6. The molecule has 0 unspecified atom stereocenters. The van der Waals surface area contributed by atoms with E-state index in [1.165, 1.54) is 31.3 Å². The molecule has 2 fully saturated rings. The quantitative estimate of drug-likeness (QED) is 0.280. The van der Waals surface area contributed by atoms with Crippen LogP contribution in [0.5, 0.6) is 11.5 Å². The lowest BCUT2D eigenvalue weighted by atomic mass is 10.0. The van der Waals surface area contributed by atoms with Crippen LogP contribution in [-0.2, 0) is 4.79 Å². The molecule has 6 rings (SSSR count). The minimum absolute atomic E-state index is 0.0521. The van der Waals surface area contributed by atoms with E-state index in [1.54, 1.807) is 18.2 Å². The summed E-state index contributed by atoms with van der Waals surface area (Å²) in [4.78, 5) is 26.3. The van der Waals surface area contributed by atoms with E-state index in [2.05, 4.69) is 33.4 Å². The summed E-state index contributed by atoms with van der Waals surface area (Å²) in [6.45, 7) is 4.21. The van der Waals surface area contributed by atoms with Gasteiger partial charge in [0.25, 0.3) is 0 Å². The monoisotopic (exact) mass is 554 g/mol. The van der Waals surface area contributed by atoms with Crippen molar-refractivity contribution in [3.63, 3.8) is 0 Å². The number of ether oxygens (including phenoxy) is 1. The van der Waals surface area contributed by atoms with Crippen molar-refractivity contribution in [2.24, 2.45) is 0 Å². The van der Waals surface area contributed by atoms with E-state index in [4.69, 9.17) is 10.5 Å². The Balaban J connectivity index is 1.26. The Bertz CT molecular complexity index is 1590. The molecule has 8 nitrogen and oxygen atoms in total. The largest absolute Gasteiger partial charge is 0.457 e. The Morgan fingerprint density at radius 2 is 1.95 bits per heavy atom. The molecule has 1 saturated heterocycles. The molecule has 0 bridgehead atoms. The maximum absolute atomic E-state index is 13.6. The van der Waals surface area contributed by atoms with Gasteiger partial charge in [0, 0.05) is 49.1 Å². The molecular weight excluding hydrogens is 519 g/mol. The second kappa shape index (κ2) is 11.3. The van der Waals surface area contributed by atoms with Crippen molar-refractivity contribution in [2.75, 3.05) is 32.4 Å². The number of nitrogen functional groups attached to an aromatic ring is 1. The van der Waals surface area contributed by atoms with Crippen LogP contribution in [0.25, 0.3) is 22.2 Å². The van der Waals surface area contributed by atoms with Gasteiger partial charge in [-0.2, -0.15) is 0 Å². The van der Waals surface area contributed by atoms with Gasteiger partial charge < -0.3 is 19.9 Å². The summed E-state index contributed by atoms with van der Waals surface area (Å²) < 4.78 is 21.7. The maximum atomic E-state index is 13.6. The van der Waals surface area contributed by atoms with E-state index in [-0.39, 0.29) is 17.8 Å². The highest BCUT2D eigenvalue weighted by molar-refractivity contribution is 6.02. The molecule has 1 aliphatic heterocycles. The number of nitrogens with two attached hydrogens (primary N) is 1. The molecule has 3 heterocycles. The fraction of sp³-hybridized carbons (Fsp3) is 0.344. The molecule has 1 atom stereocenters. The van der Waals surface area contributed by atoms with Crippen molar-refractivity contribution < 1.29 is 13.9 Å². The van der Waals surface area contributed by atoms with Gasteiger partial charge in [-0.05, 0) is 69.5 Å². The molecule has 41 heavy (non-hydrogen) atoms. The second-order valence-corrected chi connectivity index (χ2v) is 11.0. The van der Waals surface area contributed by atoms with Crippen molar-refractivity contribution in [3.8, 4) is 22.6 Å². The number of carbonyl (C=O) groups is 1. The first-order valence-corrected chi connectivity index (χ1v) is 14.2. The average Bonchev–Trinajstić information content (AvgIpc) is 3.77. The van der Waals surface area contributed by atoms with Crippen molar-refractivity contribution in [2.45, 2.75) is 44.7 Å². The number of nitrogens with zero attached hydrogens (tertiary/aromatic N) is 5. The summed E-state index contributed by atoms with van der Waals surface area (Å²) in [5, 5.41) is 0.801. The van der Waals surface area contributed by atoms with E-state index in [9.17, 15) is 9.18 Å². The molecule has 212 valence electrons. The summed E-state index contributed by atoms with van der Waals surface area (Å²) in [6, 6.07) is 14.4. The molecule has 9 heteroatoms. The third kappa shape index (κ3) is 5.67. The van der Waals surface area contributed by atoms with Crippen LogP contribution in [0.4, 0.5) is 10.2 Å². The zero-order chi connectivity index (χ0) is 28.5. The van der Waals surface area contributed by atoms with Crippen LogP contribution < -0.4 is 10.5 Å². The molecule has 2 N–H and O–H groups in total. The Morgan fingerprint density at radius 1 is 1.15 bits per heavy atom. The third-order valence-electron chi connectivity index (χ3n) is 8.13. The minimum Gasteiger partial charge on any atom is -0.457 e. The van der Waals surface area contributed by atoms with Gasteiger partial charge >= 0.3 is 0 Å². The van der Waals surface area contributed by atoms with Gasteiger partial charge in [-0.15, -0.1) is 0 Å². The molecule has 1 saturated carbocycles. The van der Waals surface area contributed by atoms with E-state index in [0.29, 0.717) is 29.9 Å². The van der Waals surface area contributed by atoms with Gasteiger partial charge in [0.2, 0.25) is 5.91 Å². The fourth-order valence-electron chi connectivity index (χ4n) is 5.88. The number of likely N-dealkylation sites (N-methyl/N-ethyl adjacent to an activating group) is 1. The molecule has 1 amide bonds. The van der Waals surface area contributed by atoms with Crippen LogP contribution >= 0.6 is 0 Å². The summed E-state index contributed by atoms with van der Waals surface area (Å²) in [7, 11) is 2.11. The predicted molar refractivity (Wildman–Crippen MR) is 158 cm³/mol. The summed E-state index contributed by atoms with van der Waals surface area (Å²) >= 11 is 0. The van der Waals surface area contributed by atoms with E-state index >= 15 is 0 Å². The number of benzene rings is 2. The van der Waals surface area contributed by atoms with Gasteiger partial charge in [-0.25, -0.2) is 14.4 Å². The zero-order valence-electron chi connectivity index (χ0n) is 23.5. The first-order valence-electron chi connectivity index (χ1n) is 14.2. The summed E-state index contributed by atoms with van der Waals surface area (Å²) in [6.07, 6.45) is 9.55. The number of hydrogen-bond acceptors (Lipinski definition) is 6. The number of rotatable bonds is 8. The first kappa shape index (κ1) is 27.0. The molecule has 2 aromatic carbocycles. The lowest BCUT2D eigenvalue weighted by Crippen LogP contribution is -2.40. The lowest BCUT2D eigenvalue weighted by molar-refractivity contribution is -0.127. The summed E-state index contributed by atoms with van der Waals surface area (Å²) in [5.74, 6) is 1.15. The highest BCUT2D eigenvalue weighted by atomic mass is 19.1. The smallest absolute Gasteiger partial charge is 0.246 e. The van der Waals surface area contributed by atoms with Crippen LogP contribution in [0.1, 0.15) is 37.4 Å². The number of amides is 1. The predicted octanol–water partition coefficient (Wildman–Crippen LogP) is 5.73. The highest BCUT2D eigenvalue weighted by Gasteiger charge is 2.29. The number of likely N-dealkylation sites (tertiary alicyclic amines) is 1. The number of anilines is 1. The summed E-state index contributed by atoms with van der Waals surface area (Å²) in [5.41, 5.74) is 10.1. The molecule has 0 spiro atoms. The van der Waals surface area contributed by atoms with Crippen molar-refractivity contribution >= 4 is 22.8 Å². The van der Waals surface area contributed by atoms with Gasteiger partial charge in [-0.3, -0.25) is 9.69 Å². The van der Waals surface area contributed by atoms with Gasteiger partial charge in [0.05, 0.1) is 11.4 Å². The zero-order valence-corrected chi connectivity index (χ0v) is 23.5. The first-order chi connectivity index (χ1) is 19.9. The van der Waals surface area contributed by atoms with E-state index in [0.717, 1.165) is 53.8 Å². The minimum atomic E-state index is -0.349. The second-order valence-electron chi connectivity index (χ2n) is 11.0. The van der Waals surface area contributed by atoms with Crippen molar-refractivity contribution in [1.29, 1.82) is 0 Å². The molecule has 2 aliphatic rings. The topological polar surface area (TPSA) is 89.5 Å². The Hall–Kier alpha value is -4.24. The number of fused-ring (bicyclic) bond motifs is 1. The maximum Gasteiger partial charge on any atom is 0.246 e. The van der Waals surface area contributed by atoms with E-state index in [1.807, 2.05) is 35.2 Å². The van der Waals surface area contributed by atoms with Crippen LogP contribution in [0.15, 0.2) is 67.0 Å². The van der Waals surface area contributed by atoms with Crippen LogP contribution in [-0.4, -0.2) is 63.0 Å².